The number of hydrogen-bond donors (Lipinski definition) is 1. The van der Waals surface area contributed by atoms with Crippen LogP contribution in [0.15, 0.2) is 12.4 Å². The van der Waals surface area contributed by atoms with E-state index in [1.54, 1.807) is 0 Å². The summed E-state index contributed by atoms with van der Waals surface area (Å²) in [6.45, 7) is -0.444. The fourth-order valence-corrected chi connectivity index (χ4v) is 1.69. The molecule has 2 heterocycles. The van der Waals surface area contributed by atoms with Gasteiger partial charge in [0, 0.05) is 6.42 Å². The van der Waals surface area contributed by atoms with Crippen LogP contribution >= 0.6 is 0 Å². The zero-order chi connectivity index (χ0) is 11.7. The van der Waals surface area contributed by atoms with Gasteiger partial charge in [-0.3, -0.25) is 0 Å². The Hall–Kier alpha value is -1.54. The van der Waals surface area contributed by atoms with Crippen LogP contribution in [0.1, 0.15) is 12.6 Å². The van der Waals surface area contributed by atoms with Gasteiger partial charge in [-0.05, 0) is 4.92 Å². The van der Waals surface area contributed by atoms with Crippen molar-refractivity contribution in [3.8, 4) is 0 Å². The first-order valence-electron chi connectivity index (χ1n) is 4.71. The lowest BCUT2D eigenvalue weighted by atomic mass is 10.2. The maximum Gasteiger partial charge on any atom is 0.436 e. The Kier molecular flexibility index (Phi) is 2.84. The molecule has 0 bridgehead atoms. The summed E-state index contributed by atoms with van der Waals surface area (Å²) >= 11 is 0. The summed E-state index contributed by atoms with van der Waals surface area (Å²) in [5.74, 6) is -0.393. The number of imidazole rings is 1. The second-order valence-corrected chi connectivity index (χ2v) is 3.46. The average molecular weight is 231 g/mol. The molecule has 1 N–H and O–H groups in total. The van der Waals surface area contributed by atoms with E-state index in [0.717, 1.165) is 4.57 Å². The fourth-order valence-electron chi connectivity index (χ4n) is 1.69. The van der Waals surface area contributed by atoms with E-state index in [2.05, 4.69) is 4.98 Å². The largest absolute Gasteiger partial charge is 0.436 e. The molecule has 1 aliphatic rings. The lowest BCUT2D eigenvalue weighted by Gasteiger charge is -2.10. The van der Waals surface area contributed by atoms with Gasteiger partial charge in [0.05, 0.1) is 6.61 Å². The number of halogens is 1. The summed E-state index contributed by atoms with van der Waals surface area (Å²) in [5, 5.41) is 19.4. The highest BCUT2D eigenvalue weighted by molar-refractivity contribution is 5.08. The van der Waals surface area contributed by atoms with E-state index in [1.165, 1.54) is 12.4 Å². The van der Waals surface area contributed by atoms with Gasteiger partial charge in [0.2, 0.25) is 0 Å². The maximum absolute atomic E-state index is 13.3. The smallest absolute Gasteiger partial charge is 0.394 e. The molecule has 16 heavy (non-hydrogen) atoms. The number of rotatable bonds is 3. The molecule has 0 aromatic carbocycles. The normalized spacial score (nSPS) is 29.5. The summed E-state index contributed by atoms with van der Waals surface area (Å²) in [6.07, 6.45) is -0.447. The number of aliphatic hydroxyl groups is 1. The average Bonchev–Trinajstić information content (AvgIpc) is 2.82. The molecule has 0 radical (unpaired) electrons. The fraction of sp³-hybridized carbons (Fsp3) is 0.625. The van der Waals surface area contributed by atoms with Crippen molar-refractivity contribution in [3.63, 3.8) is 0 Å². The van der Waals surface area contributed by atoms with Crippen molar-refractivity contribution in [3.05, 3.63) is 22.5 Å². The Bertz CT molecular complexity index is 396. The highest BCUT2D eigenvalue weighted by Crippen LogP contribution is 2.32. The second-order valence-electron chi connectivity index (χ2n) is 3.46. The van der Waals surface area contributed by atoms with E-state index < -0.39 is 36.0 Å². The Morgan fingerprint density at radius 1 is 1.81 bits per heavy atom. The highest BCUT2D eigenvalue weighted by Gasteiger charge is 2.39. The number of aromatic nitrogens is 2. The van der Waals surface area contributed by atoms with Gasteiger partial charge < -0.3 is 20.0 Å². The first-order chi connectivity index (χ1) is 7.63. The van der Waals surface area contributed by atoms with Crippen LogP contribution in [0.25, 0.3) is 0 Å². The number of nitro groups is 1. The van der Waals surface area contributed by atoms with Crippen LogP contribution in [-0.4, -0.2) is 38.5 Å². The summed E-state index contributed by atoms with van der Waals surface area (Å²) in [4.78, 5) is 13.5. The highest BCUT2D eigenvalue weighted by atomic mass is 19.1. The molecule has 1 unspecified atom stereocenters. The molecule has 88 valence electrons. The predicted octanol–water partition coefficient (Wildman–Crippen LogP) is 0.409. The number of hydrogen-bond acceptors (Lipinski definition) is 5. The molecule has 0 amide bonds. The van der Waals surface area contributed by atoms with E-state index in [1.807, 2.05) is 0 Å². The second kappa shape index (κ2) is 4.14. The number of nitrogens with zero attached hydrogens (tertiary/aromatic N) is 3. The Morgan fingerprint density at radius 3 is 3.12 bits per heavy atom. The summed E-state index contributed by atoms with van der Waals surface area (Å²) in [5.41, 5.74) is 0. The summed E-state index contributed by atoms with van der Waals surface area (Å²) in [7, 11) is 0. The molecule has 2 rings (SSSR count). The van der Waals surface area contributed by atoms with E-state index in [4.69, 9.17) is 9.84 Å². The van der Waals surface area contributed by atoms with Gasteiger partial charge in [-0.15, -0.1) is 0 Å². The molecule has 0 saturated carbocycles. The van der Waals surface area contributed by atoms with E-state index in [0.29, 0.717) is 0 Å². The third-order valence-corrected chi connectivity index (χ3v) is 2.46. The zero-order valence-electron chi connectivity index (χ0n) is 8.19. The van der Waals surface area contributed by atoms with Gasteiger partial charge in [-0.2, -0.15) is 0 Å². The van der Waals surface area contributed by atoms with Crippen LogP contribution in [0.5, 0.6) is 0 Å². The van der Waals surface area contributed by atoms with Gasteiger partial charge >= 0.3 is 5.95 Å². The minimum Gasteiger partial charge on any atom is -0.394 e. The molecule has 1 aliphatic heterocycles. The molecule has 1 aromatic heterocycles. The first kappa shape index (κ1) is 11.0. The monoisotopic (exact) mass is 231 g/mol. The van der Waals surface area contributed by atoms with Crippen molar-refractivity contribution in [2.75, 3.05) is 6.61 Å². The molecule has 1 saturated heterocycles. The Balaban J connectivity index is 2.20. The van der Waals surface area contributed by atoms with Gasteiger partial charge in [-0.25, -0.2) is 8.96 Å². The van der Waals surface area contributed by atoms with Gasteiger partial charge in [0.1, 0.15) is 24.7 Å². The molecule has 3 atom stereocenters. The van der Waals surface area contributed by atoms with Crippen molar-refractivity contribution in [1.29, 1.82) is 0 Å². The molecular formula is C8H10FN3O4. The van der Waals surface area contributed by atoms with Crippen molar-refractivity contribution >= 4 is 5.95 Å². The maximum atomic E-state index is 13.3. The van der Waals surface area contributed by atoms with Crippen LogP contribution < -0.4 is 0 Å². The van der Waals surface area contributed by atoms with E-state index in [-0.39, 0.29) is 6.42 Å². The predicted molar refractivity (Wildman–Crippen MR) is 49.4 cm³/mol. The Labute approximate surface area is 89.6 Å². The van der Waals surface area contributed by atoms with Crippen LogP contribution in [0.4, 0.5) is 10.3 Å². The lowest BCUT2D eigenvalue weighted by Crippen LogP contribution is -2.21. The number of aliphatic hydroxyl groups excluding tert-OH is 1. The third-order valence-electron chi connectivity index (χ3n) is 2.46. The SMILES string of the molecule is O=[N+]([O-])c1nccn1[C@H]1C[C@H](F)C(CO)O1. The third kappa shape index (κ3) is 1.76. The standard InChI is InChI=1S/C8H10FN3O4/c9-5-3-7(16-6(5)4-13)11-2-1-10-8(11)12(14)15/h1-2,5-7,13H,3-4H2/t5-,6?,7+/m0/s1. The first-order valence-corrected chi connectivity index (χ1v) is 4.71. The van der Waals surface area contributed by atoms with Crippen molar-refractivity contribution in [1.82, 2.24) is 9.55 Å². The lowest BCUT2D eigenvalue weighted by molar-refractivity contribution is -0.398. The molecular weight excluding hydrogens is 221 g/mol. The van der Waals surface area contributed by atoms with E-state index in [9.17, 15) is 14.5 Å². The van der Waals surface area contributed by atoms with E-state index >= 15 is 0 Å². The van der Waals surface area contributed by atoms with Crippen LogP contribution in [-0.2, 0) is 4.74 Å². The molecule has 1 aromatic rings. The quantitative estimate of drug-likeness (QED) is 0.601. The van der Waals surface area contributed by atoms with Crippen molar-refractivity contribution in [2.45, 2.75) is 24.9 Å². The molecule has 0 aliphatic carbocycles. The van der Waals surface area contributed by atoms with Crippen LogP contribution in [0.2, 0.25) is 0 Å². The summed E-state index contributed by atoms with van der Waals surface area (Å²) in [6, 6.07) is 0. The number of ether oxygens (including phenoxy) is 1. The van der Waals surface area contributed by atoms with Crippen molar-refractivity contribution in [2.24, 2.45) is 0 Å². The zero-order valence-corrected chi connectivity index (χ0v) is 8.19. The summed E-state index contributed by atoms with van der Waals surface area (Å²) < 4.78 is 19.6. The van der Waals surface area contributed by atoms with Gasteiger partial charge in [-0.1, -0.05) is 4.98 Å². The minimum atomic E-state index is -1.32. The topological polar surface area (TPSA) is 90.4 Å². The Morgan fingerprint density at radius 2 is 2.56 bits per heavy atom. The van der Waals surface area contributed by atoms with Crippen molar-refractivity contribution < 1.29 is 19.2 Å². The van der Waals surface area contributed by atoms with Gasteiger partial charge in [0.25, 0.3) is 0 Å². The van der Waals surface area contributed by atoms with Crippen LogP contribution in [0.3, 0.4) is 0 Å². The molecule has 1 fully saturated rings. The van der Waals surface area contributed by atoms with Gasteiger partial charge in [0.15, 0.2) is 6.23 Å². The molecule has 7 nitrogen and oxygen atoms in total. The van der Waals surface area contributed by atoms with Crippen LogP contribution in [0, 0.1) is 10.1 Å². The molecule has 0 spiro atoms. The molecule has 8 heteroatoms. The number of alkyl halides is 1. The minimum absolute atomic E-state index is 0.0254.